The van der Waals surface area contributed by atoms with Crippen molar-refractivity contribution in [3.8, 4) is 0 Å². The quantitative estimate of drug-likeness (QED) is 0.386. The molecule has 0 amide bonds. The van der Waals surface area contributed by atoms with Crippen LogP contribution in [0.2, 0.25) is 6.32 Å². The zero-order valence-electron chi connectivity index (χ0n) is 8.10. The highest BCUT2D eigenvalue weighted by Crippen LogP contribution is 2.12. The van der Waals surface area contributed by atoms with Crippen LogP contribution in [0.5, 0.6) is 0 Å². The van der Waals surface area contributed by atoms with Crippen LogP contribution in [0.4, 0.5) is 0 Å². The summed E-state index contributed by atoms with van der Waals surface area (Å²) in [6.07, 6.45) is 9.10. The molecule has 0 aliphatic rings. The Bertz CT molecular complexity index is 71.3. The number of rotatable bonds is 7. The molecule has 0 saturated heterocycles. The summed E-state index contributed by atoms with van der Waals surface area (Å²) >= 11 is 0. The van der Waals surface area contributed by atoms with Crippen molar-refractivity contribution in [2.45, 2.75) is 58.7 Å². The van der Waals surface area contributed by atoms with Gasteiger partial charge in [-0.1, -0.05) is 64.6 Å². The van der Waals surface area contributed by atoms with Crippen LogP contribution in [0.15, 0.2) is 0 Å². The van der Waals surface area contributed by atoms with E-state index in [4.69, 9.17) is 7.85 Å². The first-order valence-corrected chi connectivity index (χ1v) is 5.01. The molecule has 0 aromatic carbocycles. The molecule has 0 rings (SSSR count). The number of hydrogen-bond acceptors (Lipinski definition) is 0. The zero-order valence-corrected chi connectivity index (χ0v) is 8.10. The lowest BCUT2D eigenvalue weighted by atomic mass is 9.89. The van der Waals surface area contributed by atoms with Gasteiger partial charge in [-0.2, -0.15) is 0 Å². The lowest BCUT2D eigenvalue weighted by Crippen LogP contribution is -1.92. The Kier molecular flexibility index (Phi) is 8.21. The molecule has 0 spiro atoms. The molecule has 0 aliphatic heterocycles. The molecule has 0 saturated carbocycles. The van der Waals surface area contributed by atoms with Crippen LogP contribution in [0.3, 0.4) is 0 Å². The summed E-state index contributed by atoms with van der Waals surface area (Å²) in [4.78, 5) is 0. The van der Waals surface area contributed by atoms with Crippen LogP contribution in [0.25, 0.3) is 0 Å². The van der Waals surface area contributed by atoms with E-state index in [0.29, 0.717) is 0 Å². The fourth-order valence-corrected chi connectivity index (χ4v) is 1.21. The van der Waals surface area contributed by atoms with E-state index in [1.165, 1.54) is 38.5 Å². The lowest BCUT2D eigenvalue weighted by Gasteiger charge is -2.06. The van der Waals surface area contributed by atoms with Gasteiger partial charge < -0.3 is 0 Å². The maximum Gasteiger partial charge on any atom is 0.0656 e. The van der Waals surface area contributed by atoms with Crippen molar-refractivity contribution < 1.29 is 0 Å². The number of hydrogen-bond donors (Lipinski definition) is 0. The maximum absolute atomic E-state index is 5.51. The lowest BCUT2D eigenvalue weighted by molar-refractivity contribution is 0.518. The first-order valence-electron chi connectivity index (χ1n) is 5.01. The van der Waals surface area contributed by atoms with Gasteiger partial charge in [0.1, 0.15) is 0 Å². The van der Waals surface area contributed by atoms with Crippen LogP contribution in [0, 0.1) is 5.92 Å². The summed E-state index contributed by atoms with van der Waals surface area (Å²) in [5.41, 5.74) is 0. The molecular weight excluding hydrogens is 131 g/mol. The van der Waals surface area contributed by atoms with Gasteiger partial charge in [0.2, 0.25) is 0 Å². The highest BCUT2D eigenvalue weighted by molar-refractivity contribution is 6.08. The van der Waals surface area contributed by atoms with E-state index in [1.807, 2.05) is 0 Å². The van der Waals surface area contributed by atoms with Gasteiger partial charge in [-0.15, -0.1) is 0 Å². The average molecular weight is 152 g/mol. The summed E-state index contributed by atoms with van der Waals surface area (Å²) in [6, 6.07) is 0. The van der Waals surface area contributed by atoms with Gasteiger partial charge in [-0.25, -0.2) is 0 Å². The van der Waals surface area contributed by atoms with Gasteiger partial charge in [-0.05, 0) is 0 Å². The minimum Gasteiger partial charge on any atom is -0.0862 e. The monoisotopic (exact) mass is 152 g/mol. The molecule has 0 fully saturated rings. The van der Waals surface area contributed by atoms with Crippen LogP contribution >= 0.6 is 0 Å². The van der Waals surface area contributed by atoms with Crippen molar-refractivity contribution in [3.63, 3.8) is 0 Å². The molecule has 0 bridgehead atoms. The van der Waals surface area contributed by atoms with Gasteiger partial charge in [0.25, 0.3) is 0 Å². The Morgan fingerprint density at radius 3 is 2.27 bits per heavy atom. The first-order chi connectivity index (χ1) is 5.31. The van der Waals surface area contributed by atoms with Crippen molar-refractivity contribution in [2.24, 2.45) is 5.92 Å². The summed E-state index contributed by atoms with van der Waals surface area (Å²) < 4.78 is 0. The second kappa shape index (κ2) is 8.16. The van der Waals surface area contributed by atoms with Gasteiger partial charge in [0, 0.05) is 0 Å². The number of unbranched alkanes of at least 4 members (excludes halogenated alkanes) is 4. The third kappa shape index (κ3) is 7.97. The normalized spacial score (nSPS) is 13.3. The molecule has 64 valence electrons. The summed E-state index contributed by atoms with van der Waals surface area (Å²) in [7, 11) is 5.51. The van der Waals surface area contributed by atoms with Crippen LogP contribution < -0.4 is 0 Å². The third-order valence-electron chi connectivity index (χ3n) is 2.20. The highest BCUT2D eigenvalue weighted by atomic mass is 14.0. The van der Waals surface area contributed by atoms with Gasteiger partial charge >= 0.3 is 0 Å². The van der Waals surface area contributed by atoms with Gasteiger partial charge in [-0.3, -0.25) is 0 Å². The van der Waals surface area contributed by atoms with Crippen molar-refractivity contribution in [1.82, 2.24) is 0 Å². The predicted octanol–water partition coefficient (Wildman–Crippen LogP) is 3.57. The highest BCUT2D eigenvalue weighted by Gasteiger charge is 1.96. The first kappa shape index (κ1) is 11.1. The SMILES string of the molecule is [B]CC(C)CCCCCCC. The van der Waals surface area contributed by atoms with E-state index >= 15 is 0 Å². The molecule has 0 N–H and O–H groups in total. The fourth-order valence-electron chi connectivity index (χ4n) is 1.21. The molecule has 1 atom stereocenters. The molecule has 0 heterocycles. The molecule has 1 heteroatoms. The zero-order chi connectivity index (χ0) is 8.53. The molecule has 0 nitrogen and oxygen atoms in total. The smallest absolute Gasteiger partial charge is 0.0656 e. The van der Waals surface area contributed by atoms with E-state index in [2.05, 4.69) is 13.8 Å². The molecular formula is C10H21B. The predicted molar refractivity (Wildman–Crippen MR) is 53.1 cm³/mol. The average Bonchev–Trinajstić information content (AvgIpc) is 2.04. The molecule has 2 radical (unpaired) electrons. The van der Waals surface area contributed by atoms with Gasteiger partial charge in [0.05, 0.1) is 7.85 Å². The Labute approximate surface area is 73.2 Å². The van der Waals surface area contributed by atoms with E-state index in [0.717, 1.165) is 12.2 Å². The largest absolute Gasteiger partial charge is 0.0862 e. The standard InChI is InChI=1S/C10H21B/c1-3-4-5-6-7-8-10(2)9-11/h10H,3-9H2,1-2H3. The maximum atomic E-state index is 5.51. The van der Waals surface area contributed by atoms with Crippen molar-refractivity contribution in [3.05, 3.63) is 0 Å². The van der Waals surface area contributed by atoms with Gasteiger partial charge in [0.15, 0.2) is 0 Å². The summed E-state index contributed by atoms with van der Waals surface area (Å²) in [6.45, 7) is 4.49. The third-order valence-corrected chi connectivity index (χ3v) is 2.20. The Morgan fingerprint density at radius 2 is 1.73 bits per heavy atom. The van der Waals surface area contributed by atoms with Crippen LogP contribution in [0.1, 0.15) is 52.4 Å². The topological polar surface area (TPSA) is 0 Å². The molecule has 11 heavy (non-hydrogen) atoms. The molecule has 0 aliphatic carbocycles. The molecule has 0 aromatic rings. The molecule has 0 aromatic heterocycles. The molecule has 1 unspecified atom stereocenters. The van der Waals surface area contributed by atoms with E-state index in [-0.39, 0.29) is 0 Å². The van der Waals surface area contributed by atoms with Crippen LogP contribution in [-0.2, 0) is 0 Å². The van der Waals surface area contributed by atoms with E-state index in [1.54, 1.807) is 0 Å². The Morgan fingerprint density at radius 1 is 1.09 bits per heavy atom. The Balaban J connectivity index is 2.89. The van der Waals surface area contributed by atoms with Crippen molar-refractivity contribution in [1.29, 1.82) is 0 Å². The van der Waals surface area contributed by atoms with Crippen LogP contribution in [-0.4, -0.2) is 7.85 Å². The van der Waals surface area contributed by atoms with Crippen molar-refractivity contribution in [2.75, 3.05) is 0 Å². The Hall–Kier alpha value is 0.0649. The summed E-state index contributed by atoms with van der Waals surface area (Å²) in [5, 5.41) is 0. The van der Waals surface area contributed by atoms with E-state index in [9.17, 15) is 0 Å². The summed E-state index contributed by atoms with van der Waals surface area (Å²) in [5.74, 6) is 0.733. The fraction of sp³-hybridized carbons (Fsp3) is 1.00. The second-order valence-electron chi connectivity index (χ2n) is 3.54. The van der Waals surface area contributed by atoms with Crippen molar-refractivity contribution >= 4 is 7.85 Å². The van der Waals surface area contributed by atoms with E-state index < -0.39 is 0 Å². The second-order valence-corrected chi connectivity index (χ2v) is 3.54. The minimum absolute atomic E-state index is 0.733. The minimum atomic E-state index is 0.733.